The summed E-state index contributed by atoms with van der Waals surface area (Å²) in [5.74, 6) is -0.213. The van der Waals surface area contributed by atoms with Gasteiger partial charge in [-0.25, -0.2) is 4.98 Å². The van der Waals surface area contributed by atoms with Crippen molar-refractivity contribution in [2.75, 3.05) is 17.3 Å². The van der Waals surface area contributed by atoms with Crippen LogP contribution in [-0.4, -0.2) is 24.0 Å². The number of nitrogens with two attached hydrogens (primary N) is 1. The van der Waals surface area contributed by atoms with Gasteiger partial charge in [-0.1, -0.05) is 6.07 Å². The van der Waals surface area contributed by atoms with Crippen LogP contribution in [0.3, 0.4) is 0 Å². The van der Waals surface area contributed by atoms with E-state index in [0.29, 0.717) is 18.3 Å². The molecule has 1 aromatic heterocycles. The maximum Gasteiger partial charge on any atom is 0.275 e. The molecule has 2 rings (SSSR count). The number of carbonyl (C=O) groups is 1. The second-order valence-corrected chi connectivity index (χ2v) is 5.98. The van der Waals surface area contributed by atoms with E-state index in [2.05, 4.69) is 29.0 Å². The molecule has 0 saturated carbocycles. The average molecular weight is 304 g/mol. The van der Waals surface area contributed by atoms with Crippen molar-refractivity contribution in [1.29, 1.82) is 0 Å². The lowest BCUT2D eigenvalue weighted by Gasteiger charge is -2.24. The lowest BCUT2D eigenvalue weighted by molar-refractivity contribution is 0.102. The Bertz CT molecular complexity index is 624. The van der Waals surface area contributed by atoms with Crippen molar-refractivity contribution in [3.05, 3.63) is 40.3 Å². The van der Waals surface area contributed by atoms with Crippen molar-refractivity contribution >= 4 is 28.6 Å². The highest BCUT2D eigenvalue weighted by Crippen LogP contribution is 2.21. The van der Waals surface area contributed by atoms with E-state index in [4.69, 9.17) is 5.73 Å². The van der Waals surface area contributed by atoms with Gasteiger partial charge in [0, 0.05) is 36.4 Å². The molecule has 0 saturated heterocycles. The van der Waals surface area contributed by atoms with Crippen LogP contribution in [0.1, 0.15) is 29.3 Å². The first kappa shape index (κ1) is 15.5. The maximum absolute atomic E-state index is 12.1. The molecule has 1 amide bonds. The minimum Gasteiger partial charge on any atom is -0.372 e. The molecular weight excluding hydrogens is 284 g/mol. The van der Waals surface area contributed by atoms with Gasteiger partial charge in [-0.2, -0.15) is 0 Å². The highest BCUT2D eigenvalue weighted by atomic mass is 32.1. The second-order valence-electron chi connectivity index (χ2n) is 5.04. The van der Waals surface area contributed by atoms with Crippen molar-refractivity contribution in [2.24, 2.45) is 5.73 Å². The van der Waals surface area contributed by atoms with Gasteiger partial charge >= 0.3 is 0 Å². The molecule has 0 fully saturated rings. The van der Waals surface area contributed by atoms with E-state index < -0.39 is 0 Å². The summed E-state index contributed by atoms with van der Waals surface area (Å²) in [5.41, 5.74) is 7.73. The number of nitrogens with zero attached hydrogens (tertiary/aromatic N) is 2. The van der Waals surface area contributed by atoms with Gasteiger partial charge in [-0.05, 0) is 32.0 Å². The minimum atomic E-state index is -0.213. The van der Waals surface area contributed by atoms with Crippen LogP contribution >= 0.6 is 11.3 Å². The van der Waals surface area contributed by atoms with Crippen LogP contribution in [0.25, 0.3) is 0 Å². The molecule has 0 spiro atoms. The Morgan fingerprint density at radius 3 is 2.86 bits per heavy atom. The Hall–Kier alpha value is -1.92. The average Bonchev–Trinajstić information content (AvgIpc) is 2.95. The number of nitrogens with one attached hydrogen (secondary N) is 1. The number of rotatable bonds is 5. The van der Waals surface area contributed by atoms with Gasteiger partial charge in [0.25, 0.3) is 5.91 Å². The lowest BCUT2D eigenvalue weighted by atomic mass is 10.2. The van der Waals surface area contributed by atoms with Crippen LogP contribution in [0.5, 0.6) is 0 Å². The molecule has 0 aliphatic heterocycles. The molecule has 0 radical (unpaired) electrons. The molecule has 0 aliphatic rings. The zero-order chi connectivity index (χ0) is 15.4. The standard InChI is InChI=1S/C15H20N4OS/c1-10(2)19(3)12-6-4-5-11(7-12)17-15(20)13-9-21-14(8-16)18-13/h4-7,9-10H,8,16H2,1-3H3,(H,17,20). The van der Waals surface area contributed by atoms with E-state index in [9.17, 15) is 4.79 Å². The first-order valence-electron chi connectivity index (χ1n) is 6.80. The summed E-state index contributed by atoms with van der Waals surface area (Å²) in [6.45, 7) is 4.59. The molecule has 5 nitrogen and oxygen atoms in total. The van der Waals surface area contributed by atoms with Crippen LogP contribution in [0.15, 0.2) is 29.6 Å². The molecule has 6 heteroatoms. The molecule has 0 unspecified atom stereocenters. The van der Waals surface area contributed by atoms with Gasteiger partial charge in [0.15, 0.2) is 0 Å². The summed E-state index contributed by atoms with van der Waals surface area (Å²) < 4.78 is 0. The largest absolute Gasteiger partial charge is 0.372 e. The fourth-order valence-corrected chi connectivity index (χ4v) is 2.46. The van der Waals surface area contributed by atoms with Gasteiger partial charge in [-0.15, -0.1) is 11.3 Å². The van der Waals surface area contributed by atoms with E-state index in [1.807, 2.05) is 31.3 Å². The summed E-state index contributed by atoms with van der Waals surface area (Å²) in [5, 5.41) is 5.35. The molecule has 112 valence electrons. The van der Waals surface area contributed by atoms with E-state index in [1.54, 1.807) is 5.38 Å². The van der Waals surface area contributed by atoms with E-state index in [-0.39, 0.29) is 5.91 Å². The maximum atomic E-state index is 12.1. The van der Waals surface area contributed by atoms with Gasteiger partial charge in [0.05, 0.1) is 0 Å². The number of anilines is 2. The summed E-state index contributed by atoms with van der Waals surface area (Å²) >= 11 is 1.40. The normalized spacial score (nSPS) is 10.7. The van der Waals surface area contributed by atoms with Gasteiger partial charge in [0.1, 0.15) is 10.7 Å². The van der Waals surface area contributed by atoms with Crippen LogP contribution < -0.4 is 16.0 Å². The number of aromatic nitrogens is 1. The van der Waals surface area contributed by atoms with Crippen molar-refractivity contribution in [1.82, 2.24) is 4.98 Å². The third-order valence-electron chi connectivity index (χ3n) is 3.24. The smallest absolute Gasteiger partial charge is 0.275 e. The molecule has 0 bridgehead atoms. The minimum absolute atomic E-state index is 0.213. The third-order valence-corrected chi connectivity index (χ3v) is 4.12. The molecule has 0 aliphatic carbocycles. The Balaban J connectivity index is 2.12. The van der Waals surface area contributed by atoms with Gasteiger partial charge in [0.2, 0.25) is 0 Å². The number of benzene rings is 1. The Morgan fingerprint density at radius 2 is 2.24 bits per heavy atom. The Labute approximate surface area is 128 Å². The third kappa shape index (κ3) is 3.80. The summed E-state index contributed by atoms with van der Waals surface area (Å²) in [6, 6.07) is 8.16. The molecule has 2 aromatic rings. The number of hydrogen-bond acceptors (Lipinski definition) is 5. The van der Waals surface area contributed by atoms with E-state index >= 15 is 0 Å². The highest BCUT2D eigenvalue weighted by molar-refractivity contribution is 7.09. The van der Waals surface area contributed by atoms with Crippen molar-refractivity contribution < 1.29 is 4.79 Å². The molecular formula is C15H20N4OS. The second kappa shape index (κ2) is 6.69. The molecule has 1 heterocycles. The van der Waals surface area contributed by atoms with E-state index in [1.165, 1.54) is 11.3 Å². The zero-order valence-corrected chi connectivity index (χ0v) is 13.3. The van der Waals surface area contributed by atoms with Crippen LogP contribution in [0.4, 0.5) is 11.4 Å². The molecule has 3 N–H and O–H groups in total. The van der Waals surface area contributed by atoms with Gasteiger partial charge < -0.3 is 16.0 Å². The molecule has 0 atom stereocenters. The predicted molar refractivity (Wildman–Crippen MR) is 87.9 cm³/mol. The topological polar surface area (TPSA) is 71.2 Å². The first-order chi connectivity index (χ1) is 10.0. The summed E-state index contributed by atoms with van der Waals surface area (Å²) in [7, 11) is 2.03. The van der Waals surface area contributed by atoms with Crippen LogP contribution in [0, 0.1) is 0 Å². The quantitative estimate of drug-likeness (QED) is 0.891. The molecule has 1 aromatic carbocycles. The van der Waals surface area contributed by atoms with E-state index in [0.717, 1.165) is 16.4 Å². The number of amides is 1. The molecule has 21 heavy (non-hydrogen) atoms. The summed E-state index contributed by atoms with van der Waals surface area (Å²) in [6.07, 6.45) is 0. The summed E-state index contributed by atoms with van der Waals surface area (Å²) in [4.78, 5) is 18.5. The monoisotopic (exact) mass is 304 g/mol. The van der Waals surface area contributed by atoms with Crippen molar-refractivity contribution in [3.8, 4) is 0 Å². The fraction of sp³-hybridized carbons (Fsp3) is 0.333. The zero-order valence-electron chi connectivity index (χ0n) is 12.5. The predicted octanol–water partition coefficient (Wildman–Crippen LogP) is 2.70. The highest BCUT2D eigenvalue weighted by Gasteiger charge is 2.11. The Morgan fingerprint density at radius 1 is 1.48 bits per heavy atom. The first-order valence-corrected chi connectivity index (χ1v) is 7.68. The number of hydrogen-bond donors (Lipinski definition) is 2. The lowest BCUT2D eigenvalue weighted by Crippen LogP contribution is -2.25. The fourth-order valence-electron chi connectivity index (χ4n) is 1.81. The number of carbonyl (C=O) groups excluding carboxylic acids is 1. The van der Waals surface area contributed by atoms with Gasteiger partial charge in [-0.3, -0.25) is 4.79 Å². The van der Waals surface area contributed by atoms with Crippen LogP contribution in [0.2, 0.25) is 0 Å². The van der Waals surface area contributed by atoms with Crippen LogP contribution in [-0.2, 0) is 6.54 Å². The van der Waals surface area contributed by atoms with Crippen molar-refractivity contribution in [3.63, 3.8) is 0 Å². The number of thiazole rings is 1. The van der Waals surface area contributed by atoms with Crippen molar-refractivity contribution in [2.45, 2.75) is 26.4 Å². The SMILES string of the molecule is CC(C)N(C)c1cccc(NC(=O)c2csc(CN)n2)c1. The Kier molecular flexibility index (Phi) is 4.93.